The number of halogens is 1. The van der Waals surface area contributed by atoms with E-state index in [-0.39, 0.29) is 23.1 Å². The summed E-state index contributed by atoms with van der Waals surface area (Å²) < 4.78 is 34.2. The summed E-state index contributed by atoms with van der Waals surface area (Å²) in [6.07, 6.45) is -0.774. The Labute approximate surface area is 178 Å². The summed E-state index contributed by atoms with van der Waals surface area (Å²) in [5.74, 6) is 0.197. The van der Waals surface area contributed by atoms with Crippen LogP contribution in [0.5, 0.6) is 5.75 Å². The quantitative estimate of drug-likeness (QED) is 0.562. The second-order valence-corrected chi connectivity index (χ2v) is 9.28. The molecule has 0 bridgehead atoms. The molecular weight excluding hydrogens is 426 g/mol. The highest BCUT2D eigenvalue weighted by atomic mass is 35.7. The van der Waals surface area contributed by atoms with Crippen LogP contribution in [0.4, 0.5) is 10.5 Å². The lowest BCUT2D eigenvalue weighted by Crippen LogP contribution is -2.19. The molecule has 8 heteroatoms. The fourth-order valence-corrected chi connectivity index (χ4v) is 4.70. The summed E-state index contributed by atoms with van der Waals surface area (Å²) in [5, 5.41) is 2.46. The van der Waals surface area contributed by atoms with E-state index in [0.29, 0.717) is 5.75 Å². The van der Waals surface area contributed by atoms with Gasteiger partial charge in [0.2, 0.25) is 0 Å². The molecule has 154 valence electrons. The van der Waals surface area contributed by atoms with E-state index >= 15 is 0 Å². The lowest BCUT2D eigenvalue weighted by atomic mass is 9.98. The average molecular weight is 444 g/mol. The van der Waals surface area contributed by atoms with Crippen LogP contribution in [-0.4, -0.2) is 28.2 Å². The number of anilines is 1. The minimum atomic E-state index is -4.10. The molecule has 30 heavy (non-hydrogen) atoms. The minimum Gasteiger partial charge on any atom is -0.497 e. The van der Waals surface area contributed by atoms with Crippen molar-refractivity contribution in [3.8, 4) is 16.9 Å². The number of hydrogen-bond acceptors (Lipinski definition) is 5. The van der Waals surface area contributed by atoms with Gasteiger partial charge in [-0.05, 0) is 34.4 Å². The van der Waals surface area contributed by atoms with Crippen molar-refractivity contribution in [1.29, 1.82) is 0 Å². The Kier molecular flexibility index (Phi) is 5.40. The molecule has 0 radical (unpaired) electrons. The number of rotatable bonds is 5. The minimum absolute atomic E-state index is 0.0167. The van der Waals surface area contributed by atoms with Gasteiger partial charge in [-0.25, -0.2) is 13.2 Å². The van der Waals surface area contributed by atoms with Gasteiger partial charge in [0.25, 0.3) is 9.05 Å². The van der Waals surface area contributed by atoms with Crippen molar-refractivity contribution in [3.63, 3.8) is 0 Å². The van der Waals surface area contributed by atoms with Crippen molar-refractivity contribution >= 4 is 31.5 Å². The fraction of sp³-hybridized carbons (Fsp3) is 0.136. The number of methoxy groups -OCH3 is 1. The van der Waals surface area contributed by atoms with E-state index in [4.69, 9.17) is 20.2 Å². The fourth-order valence-electron chi connectivity index (χ4n) is 3.68. The molecule has 0 fully saturated rings. The predicted molar refractivity (Wildman–Crippen MR) is 115 cm³/mol. The lowest BCUT2D eigenvalue weighted by Gasteiger charge is -2.15. The lowest BCUT2D eigenvalue weighted by molar-refractivity contribution is 0.158. The van der Waals surface area contributed by atoms with Gasteiger partial charge in [-0.1, -0.05) is 48.5 Å². The number of ether oxygens (including phenoxy) is 2. The molecule has 0 saturated carbocycles. The second-order valence-electron chi connectivity index (χ2n) is 6.75. The molecule has 1 aliphatic rings. The van der Waals surface area contributed by atoms with Crippen LogP contribution >= 0.6 is 10.7 Å². The second kappa shape index (κ2) is 8.01. The smallest absolute Gasteiger partial charge is 0.411 e. The molecule has 6 nitrogen and oxygen atoms in total. The first-order chi connectivity index (χ1) is 14.4. The first-order valence-electron chi connectivity index (χ1n) is 9.13. The number of carbonyl (C=O) groups excluding carboxylic acids is 1. The van der Waals surface area contributed by atoms with Crippen LogP contribution in [0, 0.1) is 0 Å². The first-order valence-corrected chi connectivity index (χ1v) is 11.4. The van der Waals surface area contributed by atoms with E-state index < -0.39 is 15.1 Å². The third-order valence-corrected chi connectivity index (χ3v) is 6.39. The van der Waals surface area contributed by atoms with Gasteiger partial charge in [0.05, 0.1) is 12.8 Å². The van der Waals surface area contributed by atoms with E-state index in [1.54, 1.807) is 0 Å². The predicted octanol–water partition coefficient (Wildman–Crippen LogP) is 4.98. The molecule has 0 aromatic heterocycles. The standard InChI is InChI=1S/C22H18ClNO5S/c1-28-14-10-11-20(21(12-14)30(23,26)27)24-22(25)29-13-19-17-8-4-2-6-15(17)16-7-3-5-9-18(16)19/h2-12,19H,13H2,1H3,(H,24,25). The summed E-state index contributed by atoms with van der Waals surface area (Å²) in [5.41, 5.74) is 4.42. The molecule has 0 heterocycles. The SMILES string of the molecule is COc1ccc(NC(=O)OCC2c3ccccc3-c3ccccc32)c(S(=O)(=O)Cl)c1. The highest BCUT2D eigenvalue weighted by Crippen LogP contribution is 2.44. The Morgan fingerprint density at radius 1 is 1.00 bits per heavy atom. The zero-order valence-electron chi connectivity index (χ0n) is 16.0. The molecule has 3 aromatic rings. The first kappa shape index (κ1) is 20.3. The van der Waals surface area contributed by atoms with Crippen molar-refractivity contribution in [2.45, 2.75) is 10.8 Å². The molecule has 1 amide bonds. The Hall–Kier alpha value is -3.03. The van der Waals surface area contributed by atoms with E-state index in [9.17, 15) is 13.2 Å². The number of amides is 1. The largest absolute Gasteiger partial charge is 0.497 e. The van der Waals surface area contributed by atoms with Crippen molar-refractivity contribution in [2.75, 3.05) is 19.0 Å². The van der Waals surface area contributed by atoms with Crippen LogP contribution < -0.4 is 10.1 Å². The third-order valence-electron chi connectivity index (χ3n) is 5.03. The summed E-state index contributed by atoms with van der Waals surface area (Å²) in [4.78, 5) is 12.2. The molecule has 0 atom stereocenters. The Bertz CT molecular complexity index is 1180. The van der Waals surface area contributed by atoms with Crippen LogP contribution in [0.2, 0.25) is 0 Å². The number of nitrogens with one attached hydrogen (secondary N) is 1. The molecule has 0 saturated heterocycles. The molecule has 3 aromatic carbocycles. The van der Waals surface area contributed by atoms with Crippen molar-refractivity contribution in [3.05, 3.63) is 77.9 Å². The summed E-state index contributed by atoms with van der Waals surface area (Å²) in [6, 6.07) is 20.1. The topological polar surface area (TPSA) is 81.7 Å². The maximum atomic E-state index is 12.4. The van der Waals surface area contributed by atoms with Crippen LogP contribution in [0.25, 0.3) is 11.1 Å². The van der Waals surface area contributed by atoms with Gasteiger partial charge in [0.1, 0.15) is 17.3 Å². The Balaban J connectivity index is 1.53. The van der Waals surface area contributed by atoms with E-state index in [2.05, 4.69) is 5.32 Å². The monoisotopic (exact) mass is 443 g/mol. The summed E-state index contributed by atoms with van der Waals surface area (Å²) >= 11 is 0. The molecule has 0 spiro atoms. The normalized spacial score (nSPS) is 12.7. The van der Waals surface area contributed by atoms with Gasteiger partial charge >= 0.3 is 6.09 Å². The molecule has 1 aliphatic carbocycles. The molecule has 4 rings (SSSR count). The highest BCUT2D eigenvalue weighted by molar-refractivity contribution is 8.13. The summed E-state index contributed by atoms with van der Waals surface area (Å²) in [6.45, 7) is 0.110. The van der Waals surface area contributed by atoms with Crippen LogP contribution in [0.1, 0.15) is 17.0 Å². The molecule has 1 N–H and O–H groups in total. The Morgan fingerprint density at radius 3 is 2.17 bits per heavy atom. The van der Waals surface area contributed by atoms with Gasteiger partial charge in [-0.3, -0.25) is 5.32 Å². The molecule has 0 unspecified atom stereocenters. The van der Waals surface area contributed by atoms with Gasteiger partial charge in [-0.15, -0.1) is 0 Å². The number of hydrogen-bond donors (Lipinski definition) is 1. The maximum absolute atomic E-state index is 12.4. The van der Waals surface area contributed by atoms with Crippen molar-refractivity contribution < 1.29 is 22.7 Å². The van der Waals surface area contributed by atoms with E-state index in [1.165, 1.54) is 25.3 Å². The van der Waals surface area contributed by atoms with Gasteiger partial charge in [-0.2, -0.15) is 0 Å². The van der Waals surface area contributed by atoms with Crippen molar-refractivity contribution in [1.82, 2.24) is 0 Å². The van der Waals surface area contributed by atoms with Gasteiger partial charge in [0.15, 0.2) is 0 Å². The summed E-state index contributed by atoms with van der Waals surface area (Å²) in [7, 11) is 2.79. The van der Waals surface area contributed by atoms with E-state index in [0.717, 1.165) is 22.3 Å². The third kappa shape index (κ3) is 3.86. The zero-order chi connectivity index (χ0) is 21.3. The van der Waals surface area contributed by atoms with Crippen LogP contribution in [-0.2, 0) is 13.8 Å². The van der Waals surface area contributed by atoms with Gasteiger partial charge in [0, 0.05) is 22.7 Å². The van der Waals surface area contributed by atoms with Crippen molar-refractivity contribution in [2.24, 2.45) is 0 Å². The van der Waals surface area contributed by atoms with Gasteiger partial charge < -0.3 is 9.47 Å². The molecule has 0 aliphatic heterocycles. The molecular formula is C22H18ClNO5S. The Morgan fingerprint density at radius 2 is 1.60 bits per heavy atom. The van der Waals surface area contributed by atoms with E-state index in [1.807, 2.05) is 48.5 Å². The van der Waals surface area contributed by atoms with Crippen LogP contribution in [0.15, 0.2) is 71.6 Å². The zero-order valence-corrected chi connectivity index (χ0v) is 17.5. The number of benzene rings is 3. The van der Waals surface area contributed by atoms with Crippen LogP contribution in [0.3, 0.4) is 0 Å². The number of carbonyl (C=O) groups is 1. The average Bonchev–Trinajstić information content (AvgIpc) is 3.05. The number of fused-ring (bicyclic) bond motifs is 3. The maximum Gasteiger partial charge on any atom is 0.411 e. The highest BCUT2D eigenvalue weighted by Gasteiger charge is 2.29.